The van der Waals surface area contributed by atoms with Gasteiger partial charge in [-0.15, -0.1) is 0 Å². The molecule has 20 heavy (non-hydrogen) atoms. The number of H-pyrrole nitrogens is 1. The minimum Gasteiger partial charge on any atom is -0.339 e. The lowest BCUT2D eigenvalue weighted by molar-refractivity contribution is 0.619. The molecule has 0 radical (unpaired) electrons. The van der Waals surface area contributed by atoms with Gasteiger partial charge >= 0.3 is 0 Å². The number of hydrazine groups is 1. The summed E-state index contributed by atoms with van der Waals surface area (Å²) in [5.74, 6) is 5.77. The Morgan fingerprint density at radius 1 is 1.30 bits per heavy atom. The number of benzene rings is 1. The van der Waals surface area contributed by atoms with Crippen LogP contribution < -0.4 is 16.6 Å². The van der Waals surface area contributed by atoms with Gasteiger partial charge in [0.25, 0.3) is 0 Å². The van der Waals surface area contributed by atoms with Gasteiger partial charge in [0.05, 0.1) is 11.6 Å². The molecule has 0 saturated heterocycles. The van der Waals surface area contributed by atoms with E-state index in [-0.39, 0.29) is 11.8 Å². The van der Waals surface area contributed by atoms with Crippen LogP contribution in [0, 0.1) is 12.7 Å². The molecule has 5 N–H and O–H groups in total. The van der Waals surface area contributed by atoms with Crippen molar-refractivity contribution >= 4 is 28.5 Å². The zero-order valence-electron chi connectivity index (χ0n) is 10.6. The molecule has 0 aliphatic rings. The summed E-state index contributed by atoms with van der Waals surface area (Å²) in [5, 5.41) is 10.4. The van der Waals surface area contributed by atoms with E-state index < -0.39 is 0 Å². The molecule has 8 heteroatoms. The fraction of sp³-hybridized carbons (Fsp3) is 0.0833. The maximum atomic E-state index is 13.6. The molecule has 0 atom stereocenters. The van der Waals surface area contributed by atoms with Gasteiger partial charge < -0.3 is 5.32 Å². The molecule has 3 aromatic rings. The zero-order valence-corrected chi connectivity index (χ0v) is 10.6. The number of nitrogens with zero attached hydrogens (tertiary/aromatic N) is 3. The third-order valence-corrected chi connectivity index (χ3v) is 2.96. The Balaban J connectivity index is 2.10. The minimum absolute atomic E-state index is 0.235. The smallest absolute Gasteiger partial charge is 0.241 e. The van der Waals surface area contributed by atoms with Crippen molar-refractivity contribution < 1.29 is 4.39 Å². The van der Waals surface area contributed by atoms with Crippen LogP contribution in [0.4, 0.5) is 21.8 Å². The Hall–Kier alpha value is -2.74. The summed E-state index contributed by atoms with van der Waals surface area (Å²) < 4.78 is 13.6. The van der Waals surface area contributed by atoms with Crippen molar-refractivity contribution in [2.75, 3.05) is 10.7 Å². The topological polar surface area (TPSA) is 105 Å². The van der Waals surface area contributed by atoms with Gasteiger partial charge in [-0.05, 0) is 19.1 Å². The van der Waals surface area contributed by atoms with Gasteiger partial charge in [-0.25, -0.2) is 10.2 Å². The molecule has 0 aliphatic carbocycles. The molecule has 3 rings (SSSR count). The summed E-state index contributed by atoms with van der Waals surface area (Å²) in [6.45, 7) is 1.69. The molecule has 0 aliphatic heterocycles. The van der Waals surface area contributed by atoms with Gasteiger partial charge in [0, 0.05) is 11.3 Å². The van der Waals surface area contributed by atoms with Crippen LogP contribution in [-0.2, 0) is 0 Å². The average molecular weight is 273 g/mol. The molecule has 2 aromatic heterocycles. The number of nitrogens with one attached hydrogen (secondary N) is 3. The standard InChI is InChI=1S/C12H12FN7/c1-6-8(13)3-2-4-9(6)16-10-7-5-15-20-11(7)18-12(17-10)19-14/h2-5H,14H2,1H3,(H3,15,16,17,18,19,20). The second kappa shape index (κ2) is 4.74. The number of halogens is 1. The van der Waals surface area contributed by atoms with Crippen LogP contribution in [0.1, 0.15) is 5.56 Å². The Labute approximate surface area is 113 Å². The van der Waals surface area contributed by atoms with E-state index in [9.17, 15) is 4.39 Å². The largest absolute Gasteiger partial charge is 0.339 e. The van der Waals surface area contributed by atoms with Crippen molar-refractivity contribution in [1.82, 2.24) is 20.2 Å². The predicted molar refractivity (Wildman–Crippen MR) is 73.9 cm³/mol. The quantitative estimate of drug-likeness (QED) is 0.428. The lowest BCUT2D eigenvalue weighted by Gasteiger charge is -2.10. The molecule has 102 valence electrons. The highest BCUT2D eigenvalue weighted by atomic mass is 19.1. The number of nitrogens with two attached hydrogens (primary N) is 1. The van der Waals surface area contributed by atoms with Crippen LogP contribution in [0.2, 0.25) is 0 Å². The molecule has 0 saturated carbocycles. The second-order valence-electron chi connectivity index (χ2n) is 4.21. The lowest BCUT2D eigenvalue weighted by atomic mass is 10.2. The first kappa shape index (κ1) is 12.3. The van der Waals surface area contributed by atoms with Crippen LogP contribution >= 0.6 is 0 Å². The van der Waals surface area contributed by atoms with Crippen molar-refractivity contribution in [3.05, 3.63) is 35.8 Å². The molecule has 1 aromatic carbocycles. The first-order chi connectivity index (χ1) is 9.69. The molecule has 0 spiro atoms. The summed E-state index contributed by atoms with van der Waals surface area (Å²) in [7, 11) is 0. The lowest BCUT2D eigenvalue weighted by Crippen LogP contribution is -2.11. The van der Waals surface area contributed by atoms with Gasteiger partial charge in [0.2, 0.25) is 5.95 Å². The zero-order chi connectivity index (χ0) is 14.1. The maximum absolute atomic E-state index is 13.6. The Morgan fingerprint density at radius 3 is 2.95 bits per heavy atom. The fourth-order valence-electron chi connectivity index (χ4n) is 1.87. The van der Waals surface area contributed by atoms with Crippen LogP contribution in [0.3, 0.4) is 0 Å². The normalized spacial score (nSPS) is 10.8. The van der Waals surface area contributed by atoms with Crippen LogP contribution in [-0.4, -0.2) is 20.2 Å². The molecule has 0 bridgehead atoms. The average Bonchev–Trinajstić information content (AvgIpc) is 2.92. The third-order valence-electron chi connectivity index (χ3n) is 2.96. The summed E-state index contributed by atoms with van der Waals surface area (Å²) in [4.78, 5) is 8.33. The van der Waals surface area contributed by atoms with Gasteiger partial charge in [-0.3, -0.25) is 10.5 Å². The highest BCUT2D eigenvalue weighted by Crippen LogP contribution is 2.26. The van der Waals surface area contributed by atoms with Gasteiger partial charge in [0.1, 0.15) is 11.6 Å². The first-order valence-electron chi connectivity index (χ1n) is 5.89. The summed E-state index contributed by atoms with van der Waals surface area (Å²) in [6.07, 6.45) is 1.59. The van der Waals surface area contributed by atoms with E-state index in [1.54, 1.807) is 25.3 Å². The molecule has 2 heterocycles. The van der Waals surface area contributed by atoms with E-state index in [2.05, 4.69) is 30.9 Å². The third kappa shape index (κ3) is 2.01. The highest BCUT2D eigenvalue weighted by Gasteiger charge is 2.11. The van der Waals surface area contributed by atoms with E-state index in [1.165, 1.54) is 6.07 Å². The number of anilines is 3. The van der Waals surface area contributed by atoms with Crippen molar-refractivity contribution in [1.29, 1.82) is 0 Å². The molecular weight excluding hydrogens is 261 g/mol. The van der Waals surface area contributed by atoms with Crippen molar-refractivity contribution in [2.24, 2.45) is 5.84 Å². The molecule has 0 fully saturated rings. The van der Waals surface area contributed by atoms with Gasteiger partial charge in [0.15, 0.2) is 5.65 Å². The van der Waals surface area contributed by atoms with Crippen molar-refractivity contribution in [3.8, 4) is 0 Å². The minimum atomic E-state index is -0.287. The summed E-state index contributed by atoms with van der Waals surface area (Å²) >= 11 is 0. The maximum Gasteiger partial charge on any atom is 0.241 e. The predicted octanol–water partition coefficient (Wildman–Crippen LogP) is 1.83. The number of nitrogen functional groups attached to an aromatic ring is 1. The van der Waals surface area contributed by atoms with E-state index in [0.717, 1.165) is 0 Å². The summed E-state index contributed by atoms with van der Waals surface area (Å²) in [5.41, 5.74) is 4.03. The summed E-state index contributed by atoms with van der Waals surface area (Å²) in [6, 6.07) is 4.79. The SMILES string of the molecule is Cc1c(F)cccc1Nc1nc(NN)nc2[nH]ncc12. The Bertz CT molecular complexity index is 768. The number of hydrogen-bond acceptors (Lipinski definition) is 6. The van der Waals surface area contributed by atoms with Crippen LogP contribution in [0.5, 0.6) is 0 Å². The number of fused-ring (bicyclic) bond motifs is 1. The van der Waals surface area contributed by atoms with Gasteiger partial charge in [-0.2, -0.15) is 15.1 Å². The number of aromatic amines is 1. The van der Waals surface area contributed by atoms with Crippen LogP contribution in [0.15, 0.2) is 24.4 Å². The second-order valence-corrected chi connectivity index (χ2v) is 4.21. The van der Waals surface area contributed by atoms with E-state index >= 15 is 0 Å². The Morgan fingerprint density at radius 2 is 2.15 bits per heavy atom. The van der Waals surface area contributed by atoms with Crippen molar-refractivity contribution in [3.63, 3.8) is 0 Å². The van der Waals surface area contributed by atoms with E-state index in [4.69, 9.17) is 5.84 Å². The number of hydrogen-bond donors (Lipinski definition) is 4. The first-order valence-corrected chi connectivity index (χ1v) is 5.89. The molecule has 0 amide bonds. The Kier molecular flexibility index (Phi) is 2.92. The van der Waals surface area contributed by atoms with E-state index in [1.807, 2.05) is 0 Å². The van der Waals surface area contributed by atoms with Gasteiger partial charge in [-0.1, -0.05) is 6.07 Å². The number of rotatable bonds is 3. The molecule has 0 unspecified atom stereocenters. The molecule has 7 nitrogen and oxygen atoms in total. The number of aromatic nitrogens is 4. The van der Waals surface area contributed by atoms with Crippen LogP contribution in [0.25, 0.3) is 11.0 Å². The molecular formula is C12H12FN7. The highest BCUT2D eigenvalue weighted by molar-refractivity contribution is 5.89. The van der Waals surface area contributed by atoms with E-state index in [0.29, 0.717) is 28.1 Å². The van der Waals surface area contributed by atoms with Crippen molar-refractivity contribution in [2.45, 2.75) is 6.92 Å². The monoisotopic (exact) mass is 273 g/mol. The fourth-order valence-corrected chi connectivity index (χ4v) is 1.87.